The summed E-state index contributed by atoms with van der Waals surface area (Å²) < 4.78 is 32.0. The van der Waals surface area contributed by atoms with E-state index in [0.29, 0.717) is 24.5 Å². The van der Waals surface area contributed by atoms with Crippen LogP contribution >= 0.6 is 0 Å². The molecule has 10 nitrogen and oxygen atoms in total. The number of ether oxygens (including phenoxy) is 1. The van der Waals surface area contributed by atoms with Crippen molar-refractivity contribution in [2.24, 2.45) is 0 Å². The second-order valence-electron chi connectivity index (χ2n) is 8.35. The number of nitrogens with one attached hydrogen (secondary N) is 2. The van der Waals surface area contributed by atoms with Crippen LogP contribution in [0.4, 0.5) is 10.5 Å². The molecule has 0 spiro atoms. The first-order chi connectivity index (χ1) is 16.1. The highest BCUT2D eigenvalue weighted by molar-refractivity contribution is 7.89. The van der Waals surface area contributed by atoms with E-state index in [0.717, 1.165) is 10.5 Å². The van der Waals surface area contributed by atoms with E-state index >= 15 is 0 Å². The van der Waals surface area contributed by atoms with E-state index in [1.807, 2.05) is 19.1 Å². The summed E-state index contributed by atoms with van der Waals surface area (Å²) in [7, 11) is -3.65. The molecule has 0 bridgehead atoms. The van der Waals surface area contributed by atoms with Crippen molar-refractivity contribution in [3.8, 4) is 0 Å². The van der Waals surface area contributed by atoms with Crippen molar-refractivity contribution in [2.45, 2.75) is 24.3 Å². The van der Waals surface area contributed by atoms with Gasteiger partial charge in [0.05, 0.1) is 18.1 Å². The van der Waals surface area contributed by atoms with E-state index in [1.165, 1.54) is 28.6 Å². The zero-order valence-electron chi connectivity index (χ0n) is 18.9. The standard InChI is InChI=1S/C23H26N4O6S/c1-16-5-3-4-6-19(16)23(2)21(29)27(22(30)25-23)15-20(28)24-17-7-9-18(10-8-17)34(31,32)26-11-13-33-14-12-26/h3-10H,11-15H2,1-2H3,(H,24,28)(H,25,30). The number of sulfonamides is 1. The van der Waals surface area contributed by atoms with Crippen LogP contribution in [0.3, 0.4) is 0 Å². The predicted octanol–water partition coefficient (Wildman–Crippen LogP) is 1.42. The maximum atomic E-state index is 13.1. The summed E-state index contributed by atoms with van der Waals surface area (Å²) in [5.74, 6) is -1.10. The van der Waals surface area contributed by atoms with Gasteiger partial charge in [-0.3, -0.25) is 14.5 Å². The molecular weight excluding hydrogens is 460 g/mol. The highest BCUT2D eigenvalue weighted by Crippen LogP contribution is 2.31. The molecule has 0 radical (unpaired) electrons. The first-order valence-corrected chi connectivity index (χ1v) is 12.2. The smallest absolute Gasteiger partial charge is 0.325 e. The fraction of sp³-hybridized carbons (Fsp3) is 0.348. The Morgan fingerprint density at radius 2 is 1.74 bits per heavy atom. The van der Waals surface area contributed by atoms with Crippen LogP contribution in [0.1, 0.15) is 18.1 Å². The van der Waals surface area contributed by atoms with Gasteiger partial charge in [0.2, 0.25) is 15.9 Å². The van der Waals surface area contributed by atoms with Gasteiger partial charge in [0.25, 0.3) is 5.91 Å². The van der Waals surface area contributed by atoms with Crippen molar-refractivity contribution in [3.63, 3.8) is 0 Å². The van der Waals surface area contributed by atoms with Gasteiger partial charge in [-0.2, -0.15) is 4.31 Å². The SMILES string of the molecule is Cc1ccccc1C1(C)NC(=O)N(CC(=O)Nc2ccc(S(=O)(=O)N3CCOCC3)cc2)C1=O. The maximum Gasteiger partial charge on any atom is 0.325 e. The Morgan fingerprint density at radius 3 is 2.38 bits per heavy atom. The number of benzene rings is 2. The minimum atomic E-state index is -3.65. The monoisotopic (exact) mass is 486 g/mol. The Kier molecular flexibility index (Phi) is 6.43. The average molecular weight is 487 g/mol. The summed E-state index contributed by atoms with van der Waals surface area (Å²) in [6.45, 7) is 4.25. The Balaban J connectivity index is 1.42. The Labute approximate surface area is 197 Å². The summed E-state index contributed by atoms with van der Waals surface area (Å²) in [5, 5.41) is 5.29. The largest absolute Gasteiger partial charge is 0.379 e. The van der Waals surface area contributed by atoms with Crippen LogP contribution < -0.4 is 10.6 Å². The number of amides is 4. The minimum absolute atomic E-state index is 0.107. The van der Waals surface area contributed by atoms with Gasteiger partial charge in [-0.1, -0.05) is 24.3 Å². The number of nitrogens with zero attached hydrogens (tertiary/aromatic N) is 2. The number of urea groups is 1. The molecule has 11 heteroatoms. The number of rotatable bonds is 6. The molecule has 2 aliphatic heterocycles. The second kappa shape index (κ2) is 9.16. The summed E-state index contributed by atoms with van der Waals surface area (Å²) >= 11 is 0. The molecular formula is C23H26N4O6S. The van der Waals surface area contributed by atoms with Gasteiger partial charge in [-0.15, -0.1) is 0 Å². The predicted molar refractivity (Wildman–Crippen MR) is 123 cm³/mol. The minimum Gasteiger partial charge on any atom is -0.379 e. The van der Waals surface area contributed by atoms with Crippen LogP contribution in [0, 0.1) is 6.92 Å². The van der Waals surface area contributed by atoms with Crippen molar-refractivity contribution in [3.05, 3.63) is 59.7 Å². The molecule has 34 heavy (non-hydrogen) atoms. The third-order valence-corrected chi connectivity index (χ3v) is 7.92. The lowest BCUT2D eigenvalue weighted by Crippen LogP contribution is -2.42. The van der Waals surface area contributed by atoms with Crippen LogP contribution in [0.2, 0.25) is 0 Å². The number of hydrogen-bond donors (Lipinski definition) is 2. The lowest BCUT2D eigenvalue weighted by atomic mass is 9.88. The summed E-state index contributed by atoms with van der Waals surface area (Å²) in [6, 6.07) is 12.3. The number of carbonyl (C=O) groups excluding carboxylic acids is 3. The van der Waals surface area contributed by atoms with Gasteiger partial charge in [0.15, 0.2) is 0 Å². The van der Waals surface area contributed by atoms with Gasteiger partial charge < -0.3 is 15.4 Å². The van der Waals surface area contributed by atoms with Gasteiger partial charge >= 0.3 is 6.03 Å². The highest BCUT2D eigenvalue weighted by Gasteiger charge is 2.50. The molecule has 2 saturated heterocycles. The summed E-state index contributed by atoms with van der Waals surface area (Å²) in [4.78, 5) is 39.1. The van der Waals surface area contributed by atoms with Crippen LogP contribution in [0.5, 0.6) is 0 Å². The lowest BCUT2D eigenvalue weighted by Gasteiger charge is -2.26. The van der Waals surface area contributed by atoms with Crippen molar-refractivity contribution in [2.75, 3.05) is 38.2 Å². The average Bonchev–Trinajstić information content (AvgIpc) is 3.04. The number of anilines is 1. The molecule has 1 atom stereocenters. The van der Waals surface area contributed by atoms with Crippen molar-refractivity contribution in [1.82, 2.24) is 14.5 Å². The number of imide groups is 1. The Hall–Kier alpha value is -3.28. The molecule has 1 unspecified atom stereocenters. The molecule has 4 rings (SSSR count). The van der Waals surface area contributed by atoms with Crippen LogP contribution in [-0.2, 0) is 29.9 Å². The molecule has 2 aliphatic rings. The topological polar surface area (TPSA) is 125 Å². The van der Waals surface area contributed by atoms with Gasteiger partial charge in [-0.25, -0.2) is 13.2 Å². The molecule has 0 aliphatic carbocycles. The van der Waals surface area contributed by atoms with E-state index in [-0.39, 0.29) is 18.0 Å². The third-order valence-electron chi connectivity index (χ3n) is 6.01. The molecule has 2 fully saturated rings. The normalized spacial score (nSPS) is 21.4. The third kappa shape index (κ3) is 4.41. The Bertz CT molecular complexity index is 1220. The number of aryl methyl sites for hydroxylation is 1. The first kappa shape index (κ1) is 23.9. The molecule has 180 valence electrons. The van der Waals surface area contributed by atoms with E-state index in [4.69, 9.17) is 4.74 Å². The van der Waals surface area contributed by atoms with E-state index in [1.54, 1.807) is 19.1 Å². The lowest BCUT2D eigenvalue weighted by molar-refractivity contribution is -0.133. The van der Waals surface area contributed by atoms with Crippen molar-refractivity contribution in [1.29, 1.82) is 0 Å². The fourth-order valence-electron chi connectivity index (χ4n) is 4.15. The zero-order chi connectivity index (χ0) is 24.5. The molecule has 2 N–H and O–H groups in total. The molecule has 2 aromatic carbocycles. The number of morpholine rings is 1. The molecule has 2 heterocycles. The first-order valence-electron chi connectivity index (χ1n) is 10.8. The highest BCUT2D eigenvalue weighted by atomic mass is 32.2. The van der Waals surface area contributed by atoms with Crippen LogP contribution in [-0.4, -0.2) is 68.3 Å². The van der Waals surface area contributed by atoms with Gasteiger partial charge in [0.1, 0.15) is 12.1 Å². The molecule has 2 aromatic rings. The van der Waals surface area contributed by atoms with Crippen molar-refractivity contribution >= 4 is 33.6 Å². The van der Waals surface area contributed by atoms with Crippen molar-refractivity contribution < 1.29 is 27.5 Å². The van der Waals surface area contributed by atoms with Crippen LogP contribution in [0.15, 0.2) is 53.4 Å². The van der Waals surface area contributed by atoms with E-state index < -0.39 is 40.0 Å². The van der Waals surface area contributed by atoms with E-state index in [2.05, 4.69) is 10.6 Å². The quantitative estimate of drug-likeness (QED) is 0.595. The second-order valence-corrected chi connectivity index (χ2v) is 10.3. The summed E-state index contributed by atoms with van der Waals surface area (Å²) in [6.07, 6.45) is 0. The summed E-state index contributed by atoms with van der Waals surface area (Å²) in [5.41, 5.74) is 0.586. The zero-order valence-corrected chi connectivity index (χ0v) is 19.7. The van der Waals surface area contributed by atoms with Gasteiger partial charge in [-0.05, 0) is 49.2 Å². The van der Waals surface area contributed by atoms with Gasteiger partial charge in [0, 0.05) is 18.8 Å². The maximum absolute atomic E-state index is 13.1. The fourth-order valence-corrected chi connectivity index (χ4v) is 5.56. The van der Waals surface area contributed by atoms with E-state index in [9.17, 15) is 22.8 Å². The molecule has 0 aromatic heterocycles. The number of hydrogen-bond acceptors (Lipinski definition) is 6. The number of carbonyl (C=O) groups is 3. The van der Waals surface area contributed by atoms with Crippen LogP contribution in [0.25, 0.3) is 0 Å². The Morgan fingerprint density at radius 1 is 1.09 bits per heavy atom. The molecule has 0 saturated carbocycles. The molecule has 4 amide bonds.